The second-order valence-corrected chi connectivity index (χ2v) is 34.7. The first-order valence-corrected chi connectivity index (χ1v) is 18.0. The van der Waals surface area contributed by atoms with E-state index in [1.54, 1.807) is 0 Å². The minimum Gasteiger partial charge on any atom is -0.415 e. The maximum Gasteiger partial charge on any atom is 0.174 e. The highest BCUT2D eigenvalue weighted by Gasteiger charge is 2.61. The lowest BCUT2D eigenvalue weighted by molar-refractivity contribution is 0.120. The average molecular weight is 289 g/mol. The van der Waals surface area contributed by atoms with Crippen LogP contribution in [0.2, 0.25) is 44.8 Å². The van der Waals surface area contributed by atoms with Gasteiger partial charge in [-0.05, 0) is 32.5 Å². The van der Waals surface area contributed by atoms with Crippen LogP contribution in [0.25, 0.3) is 0 Å². The van der Waals surface area contributed by atoms with Crippen LogP contribution in [0.1, 0.15) is 33.6 Å². The van der Waals surface area contributed by atoms with E-state index in [1.807, 2.05) is 0 Å². The van der Waals surface area contributed by atoms with Crippen LogP contribution in [-0.4, -0.2) is 28.1 Å². The molecule has 17 heavy (non-hydrogen) atoms. The zero-order chi connectivity index (χ0) is 13.5. The molecule has 0 aromatic rings. The molecule has 1 unspecified atom stereocenters. The van der Waals surface area contributed by atoms with E-state index in [0.29, 0.717) is 0 Å². The quantitative estimate of drug-likeness (QED) is 0.681. The summed E-state index contributed by atoms with van der Waals surface area (Å²) in [5.41, 5.74) is 0.160. The van der Waals surface area contributed by atoms with Crippen LogP contribution in [0.4, 0.5) is 0 Å². The number of rotatable bonds is 3. The summed E-state index contributed by atoms with van der Waals surface area (Å²) in [7, 11) is -3.66. The highest BCUT2D eigenvalue weighted by molar-refractivity contribution is 7.67. The van der Waals surface area contributed by atoms with Gasteiger partial charge in [-0.25, -0.2) is 0 Å². The third kappa shape index (κ3) is 2.80. The van der Waals surface area contributed by atoms with Crippen LogP contribution < -0.4 is 0 Å². The summed E-state index contributed by atoms with van der Waals surface area (Å²) < 4.78 is 6.75. The Balaban J connectivity index is 3.08. The molecule has 0 aromatic carbocycles. The Kier molecular flexibility index (Phi) is 4.25. The summed E-state index contributed by atoms with van der Waals surface area (Å²) in [6.07, 6.45) is 2.69. The Morgan fingerprint density at radius 2 is 1.59 bits per heavy atom. The molecule has 1 saturated heterocycles. The second-order valence-electron chi connectivity index (χ2n) is 7.88. The van der Waals surface area contributed by atoms with Crippen molar-refractivity contribution in [3.8, 4) is 0 Å². The summed E-state index contributed by atoms with van der Waals surface area (Å²) in [6, 6.07) is 2.77. The minimum atomic E-state index is -1.46. The largest absolute Gasteiger partial charge is 0.415 e. The van der Waals surface area contributed by atoms with Crippen molar-refractivity contribution in [3.63, 3.8) is 0 Å². The molecule has 1 rings (SSSR count). The van der Waals surface area contributed by atoms with Gasteiger partial charge in [-0.2, -0.15) is 0 Å². The zero-order valence-electron chi connectivity index (χ0n) is 13.2. The fourth-order valence-corrected chi connectivity index (χ4v) is 37.3. The van der Waals surface area contributed by atoms with Crippen LogP contribution in [0, 0.1) is 0 Å². The lowest BCUT2D eigenvalue weighted by Gasteiger charge is -2.59. The number of unbranched alkanes of at least 4 members (excludes halogenated alkanes) is 1. The molecular weight excluding hydrogens is 256 g/mol. The van der Waals surface area contributed by atoms with Crippen molar-refractivity contribution in [2.24, 2.45) is 0 Å². The molecule has 4 heteroatoms. The van der Waals surface area contributed by atoms with Crippen molar-refractivity contribution < 1.29 is 4.43 Å². The van der Waals surface area contributed by atoms with E-state index in [1.165, 1.54) is 24.9 Å². The summed E-state index contributed by atoms with van der Waals surface area (Å²) in [6.45, 7) is 20.1. The number of hydrogen-bond donors (Lipinski definition) is 0. The van der Waals surface area contributed by atoms with Crippen molar-refractivity contribution in [3.05, 3.63) is 0 Å². The lowest BCUT2D eigenvalue weighted by Crippen LogP contribution is -2.78. The van der Waals surface area contributed by atoms with Crippen LogP contribution in [-0.2, 0) is 4.43 Å². The van der Waals surface area contributed by atoms with E-state index in [0.717, 1.165) is 0 Å². The first-order valence-electron chi connectivity index (χ1n) is 7.18. The van der Waals surface area contributed by atoms with E-state index in [4.69, 9.17) is 4.43 Å². The molecular formula is C13H32OSi3. The fourth-order valence-electron chi connectivity index (χ4n) is 3.65. The highest BCUT2D eigenvalue weighted by atomic mass is 29.6. The third-order valence-electron chi connectivity index (χ3n) is 5.39. The van der Waals surface area contributed by atoms with E-state index < -0.39 is 22.5 Å². The Bertz CT molecular complexity index is 286. The zero-order valence-corrected chi connectivity index (χ0v) is 16.2. The van der Waals surface area contributed by atoms with Crippen LogP contribution in [0.3, 0.4) is 0 Å². The SMILES string of the molecule is CCCC[Si]1(C)OC(C)(C)C[Si](C)(C)[Si]1(C)C. The van der Waals surface area contributed by atoms with Crippen molar-refractivity contribution in [1.29, 1.82) is 0 Å². The van der Waals surface area contributed by atoms with Gasteiger partial charge < -0.3 is 4.43 Å². The molecule has 102 valence electrons. The molecule has 1 aliphatic heterocycles. The molecule has 0 aliphatic carbocycles. The summed E-state index contributed by atoms with van der Waals surface area (Å²) in [4.78, 5) is 0. The maximum atomic E-state index is 6.75. The summed E-state index contributed by atoms with van der Waals surface area (Å²) in [5, 5.41) is 0. The molecule has 0 spiro atoms. The van der Waals surface area contributed by atoms with Gasteiger partial charge in [0, 0.05) is 13.2 Å². The smallest absolute Gasteiger partial charge is 0.174 e. The molecule has 0 aromatic heterocycles. The van der Waals surface area contributed by atoms with Gasteiger partial charge in [0.15, 0.2) is 7.83 Å². The van der Waals surface area contributed by atoms with E-state index >= 15 is 0 Å². The number of hydrogen-bond acceptors (Lipinski definition) is 1. The van der Waals surface area contributed by atoms with Gasteiger partial charge >= 0.3 is 0 Å². The first kappa shape index (κ1) is 15.7. The van der Waals surface area contributed by atoms with Crippen molar-refractivity contribution in [1.82, 2.24) is 0 Å². The van der Waals surface area contributed by atoms with Gasteiger partial charge in [0.05, 0.1) is 7.11 Å². The summed E-state index contributed by atoms with van der Waals surface area (Å²) >= 11 is 0. The van der Waals surface area contributed by atoms with Crippen molar-refractivity contribution >= 4 is 22.5 Å². The van der Waals surface area contributed by atoms with E-state index in [9.17, 15) is 0 Å². The molecule has 0 N–H and O–H groups in total. The Morgan fingerprint density at radius 3 is 2.06 bits per heavy atom. The average Bonchev–Trinajstić information content (AvgIpc) is 2.09. The summed E-state index contributed by atoms with van der Waals surface area (Å²) in [5.74, 6) is 0. The molecule has 1 heterocycles. The third-order valence-corrected chi connectivity index (χ3v) is 46.0. The molecule has 0 bridgehead atoms. The molecule has 1 atom stereocenters. The molecule has 1 fully saturated rings. The molecule has 1 nitrogen and oxygen atoms in total. The maximum absolute atomic E-state index is 6.75. The van der Waals surface area contributed by atoms with Gasteiger partial charge in [0.1, 0.15) is 0 Å². The van der Waals surface area contributed by atoms with Crippen molar-refractivity contribution in [2.75, 3.05) is 0 Å². The topological polar surface area (TPSA) is 9.23 Å². The molecule has 0 saturated carbocycles. The van der Waals surface area contributed by atoms with Crippen LogP contribution in [0.15, 0.2) is 0 Å². The standard InChI is InChI=1S/C13H32OSi3/c1-9-10-11-17(8)14-13(2,3)12-15(4,5)16(17,6)7/h9-12H2,1-8H3. The monoisotopic (exact) mass is 288 g/mol. The van der Waals surface area contributed by atoms with Gasteiger partial charge in [0.2, 0.25) is 0 Å². The van der Waals surface area contributed by atoms with Crippen molar-refractivity contribution in [2.45, 2.75) is 84.0 Å². The predicted molar refractivity (Wildman–Crippen MR) is 86.3 cm³/mol. The predicted octanol–water partition coefficient (Wildman–Crippen LogP) is 4.74. The lowest BCUT2D eigenvalue weighted by atomic mass is 10.2. The molecule has 0 radical (unpaired) electrons. The van der Waals surface area contributed by atoms with Gasteiger partial charge in [-0.3, -0.25) is 0 Å². The molecule has 1 aliphatic rings. The van der Waals surface area contributed by atoms with Gasteiger partial charge in [0.25, 0.3) is 0 Å². The normalized spacial score (nSPS) is 34.6. The molecule has 0 amide bonds. The van der Waals surface area contributed by atoms with Crippen LogP contribution >= 0.6 is 0 Å². The highest BCUT2D eigenvalue weighted by Crippen LogP contribution is 2.45. The first-order chi connectivity index (χ1) is 7.47. The Hall–Kier alpha value is 0.611. The Morgan fingerprint density at radius 1 is 1.06 bits per heavy atom. The van der Waals surface area contributed by atoms with Gasteiger partial charge in [-0.1, -0.05) is 46.0 Å². The Labute approximate surface area is 111 Å². The van der Waals surface area contributed by atoms with E-state index in [-0.39, 0.29) is 5.60 Å². The fraction of sp³-hybridized carbons (Fsp3) is 1.00. The van der Waals surface area contributed by atoms with Gasteiger partial charge in [-0.15, -0.1) is 0 Å². The van der Waals surface area contributed by atoms with Crippen LogP contribution in [0.5, 0.6) is 0 Å². The minimum absolute atomic E-state index is 0.160. The van der Waals surface area contributed by atoms with E-state index in [2.05, 4.69) is 53.5 Å². The second kappa shape index (κ2) is 4.62.